The number of ether oxygens (including phenoxy) is 1. The second-order valence-corrected chi connectivity index (χ2v) is 8.13. The van der Waals surface area contributed by atoms with Crippen molar-refractivity contribution >= 4 is 28.6 Å². The smallest absolute Gasteiger partial charge is 0.263 e. The molecule has 2 aromatic heterocycles. The summed E-state index contributed by atoms with van der Waals surface area (Å²) in [5.41, 5.74) is 1.03. The Balaban J connectivity index is 1.76. The number of benzene rings is 1. The van der Waals surface area contributed by atoms with E-state index < -0.39 is 0 Å². The first-order chi connectivity index (χ1) is 12.8. The van der Waals surface area contributed by atoms with Crippen LogP contribution in [0, 0.1) is 0 Å². The number of para-hydroxylation sites is 1. The van der Waals surface area contributed by atoms with Gasteiger partial charge in [-0.15, -0.1) is 0 Å². The highest BCUT2D eigenvalue weighted by molar-refractivity contribution is 6.32. The zero-order chi connectivity index (χ0) is 19.2. The molecule has 7 nitrogen and oxygen atoms in total. The highest BCUT2D eigenvalue weighted by Crippen LogP contribution is 2.38. The number of anilines is 1. The van der Waals surface area contributed by atoms with Crippen LogP contribution in [-0.4, -0.2) is 26.4 Å². The summed E-state index contributed by atoms with van der Waals surface area (Å²) in [6.07, 6.45) is 3.27. The Bertz CT molecular complexity index is 1050. The van der Waals surface area contributed by atoms with Crippen LogP contribution in [0.3, 0.4) is 0 Å². The number of hydrogen-bond acceptors (Lipinski definition) is 5. The van der Waals surface area contributed by atoms with Crippen molar-refractivity contribution in [1.82, 2.24) is 19.7 Å². The van der Waals surface area contributed by atoms with Crippen molar-refractivity contribution in [2.24, 2.45) is 0 Å². The van der Waals surface area contributed by atoms with Gasteiger partial charge in [0.05, 0.1) is 29.4 Å². The molecule has 0 aliphatic carbocycles. The molecule has 1 unspecified atom stereocenters. The number of H-pyrrole nitrogens is 1. The zero-order valence-electron chi connectivity index (χ0n) is 15.5. The molecule has 0 spiro atoms. The Morgan fingerprint density at radius 3 is 2.96 bits per heavy atom. The van der Waals surface area contributed by atoms with Gasteiger partial charge in [0.1, 0.15) is 11.1 Å². The van der Waals surface area contributed by atoms with Crippen molar-refractivity contribution in [3.8, 4) is 5.75 Å². The average Bonchev–Trinajstić information content (AvgIpc) is 2.93. The van der Waals surface area contributed by atoms with Crippen LogP contribution in [0.4, 0.5) is 5.95 Å². The third-order valence-electron chi connectivity index (χ3n) is 4.64. The third kappa shape index (κ3) is 3.27. The lowest BCUT2D eigenvalue weighted by molar-refractivity contribution is 0.316. The van der Waals surface area contributed by atoms with E-state index in [-0.39, 0.29) is 17.1 Å². The topological polar surface area (TPSA) is 84.8 Å². The summed E-state index contributed by atoms with van der Waals surface area (Å²) in [6.45, 7) is 6.68. The fourth-order valence-corrected chi connectivity index (χ4v) is 3.60. The maximum absolute atomic E-state index is 12.5. The number of nitrogens with zero attached hydrogens (tertiary/aromatic N) is 3. The molecule has 3 aromatic rings. The van der Waals surface area contributed by atoms with Crippen LogP contribution in [0.2, 0.25) is 5.02 Å². The summed E-state index contributed by atoms with van der Waals surface area (Å²) in [6, 6.07) is 5.64. The predicted molar refractivity (Wildman–Crippen MR) is 106 cm³/mol. The van der Waals surface area contributed by atoms with E-state index in [1.54, 1.807) is 10.9 Å². The Hall–Kier alpha value is -2.54. The quantitative estimate of drug-likeness (QED) is 0.697. The molecule has 1 aromatic carbocycles. The van der Waals surface area contributed by atoms with Gasteiger partial charge < -0.3 is 10.1 Å². The Morgan fingerprint density at radius 1 is 1.37 bits per heavy atom. The summed E-state index contributed by atoms with van der Waals surface area (Å²) in [5.74, 6) is 1.11. The number of nitrogens with one attached hydrogen (secondary N) is 2. The molecule has 1 aliphatic rings. The van der Waals surface area contributed by atoms with Crippen molar-refractivity contribution in [2.45, 2.75) is 45.2 Å². The summed E-state index contributed by atoms with van der Waals surface area (Å²) < 4.78 is 7.58. The lowest BCUT2D eigenvalue weighted by atomic mass is 10.0. The molecule has 142 valence electrons. The number of rotatable bonds is 2. The highest BCUT2D eigenvalue weighted by atomic mass is 35.5. The molecule has 1 atom stereocenters. The summed E-state index contributed by atoms with van der Waals surface area (Å²) in [4.78, 5) is 20.0. The van der Waals surface area contributed by atoms with Crippen molar-refractivity contribution in [1.29, 1.82) is 0 Å². The van der Waals surface area contributed by atoms with E-state index in [0.717, 1.165) is 18.4 Å². The van der Waals surface area contributed by atoms with Gasteiger partial charge in [-0.25, -0.2) is 4.68 Å². The number of aromatic nitrogens is 4. The maximum Gasteiger partial charge on any atom is 0.263 e. The molecule has 0 fully saturated rings. The molecule has 0 bridgehead atoms. The molecule has 8 heteroatoms. The van der Waals surface area contributed by atoms with Gasteiger partial charge in [0.2, 0.25) is 5.95 Å². The maximum atomic E-state index is 12.5. The van der Waals surface area contributed by atoms with Gasteiger partial charge in [-0.1, -0.05) is 23.7 Å². The van der Waals surface area contributed by atoms with Crippen LogP contribution >= 0.6 is 11.6 Å². The standard InChI is InChI=1S/C19H22ClN5O2/c1-19(2,3)25-16-12(10-21-25)17(26)24-18(23-16)22-14-8-5-9-27-15-11(14)6-4-7-13(15)20/h4,6-7,10,14H,5,8-9H2,1-3H3,(H2,22,23,24,26). The van der Waals surface area contributed by atoms with Crippen LogP contribution in [-0.2, 0) is 5.54 Å². The molecule has 27 heavy (non-hydrogen) atoms. The van der Waals surface area contributed by atoms with E-state index in [9.17, 15) is 4.79 Å². The molecule has 0 saturated heterocycles. The minimum atomic E-state index is -0.282. The zero-order valence-corrected chi connectivity index (χ0v) is 16.3. The van der Waals surface area contributed by atoms with Crippen molar-refractivity contribution in [3.05, 3.63) is 45.3 Å². The largest absolute Gasteiger partial charge is 0.492 e. The van der Waals surface area contributed by atoms with Gasteiger partial charge >= 0.3 is 0 Å². The monoisotopic (exact) mass is 387 g/mol. The fourth-order valence-electron chi connectivity index (χ4n) is 3.36. The van der Waals surface area contributed by atoms with Gasteiger partial charge in [-0.3, -0.25) is 9.78 Å². The first-order valence-corrected chi connectivity index (χ1v) is 9.38. The van der Waals surface area contributed by atoms with Crippen molar-refractivity contribution in [3.63, 3.8) is 0 Å². The van der Waals surface area contributed by atoms with E-state index >= 15 is 0 Å². The van der Waals surface area contributed by atoms with Crippen LogP contribution in [0.1, 0.15) is 45.2 Å². The summed E-state index contributed by atoms with van der Waals surface area (Å²) >= 11 is 6.30. The molecule has 1 aliphatic heterocycles. The number of hydrogen-bond donors (Lipinski definition) is 2. The minimum Gasteiger partial charge on any atom is -0.492 e. The molecule has 0 radical (unpaired) electrons. The normalized spacial score (nSPS) is 17.3. The van der Waals surface area contributed by atoms with Crippen LogP contribution in [0.25, 0.3) is 11.0 Å². The van der Waals surface area contributed by atoms with E-state index in [1.165, 1.54) is 0 Å². The van der Waals surface area contributed by atoms with Gasteiger partial charge in [-0.2, -0.15) is 10.1 Å². The van der Waals surface area contributed by atoms with Crippen molar-refractivity contribution < 1.29 is 4.74 Å². The van der Waals surface area contributed by atoms with Crippen LogP contribution in [0.5, 0.6) is 5.75 Å². The molecule has 0 saturated carbocycles. The molecular weight excluding hydrogens is 366 g/mol. The average molecular weight is 388 g/mol. The molecule has 3 heterocycles. The Kier molecular flexibility index (Phi) is 4.34. The first-order valence-electron chi connectivity index (χ1n) is 9.01. The van der Waals surface area contributed by atoms with Gasteiger partial charge in [0.15, 0.2) is 5.65 Å². The van der Waals surface area contributed by atoms with Crippen LogP contribution < -0.4 is 15.6 Å². The number of fused-ring (bicyclic) bond motifs is 2. The second kappa shape index (κ2) is 6.56. The van der Waals surface area contributed by atoms with E-state index in [4.69, 9.17) is 16.3 Å². The molecule has 4 rings (SSSR count). The highest BCUT2D eigenvalue weighted by Gasteiger charge is 2.24. The summed E-state index contributed by atoms with van der Waals surface area (Å²) in [5, 5.41) is 8.77. The Labute approximate surface area is 161 Å². The Morgan fingerprint density at radius 2 is 2.19 bits per heavy atom. The molecule has 0 amide bonds. The third-order valence-corrected chi connectivity index (χ3v) is 4.94. The van der Waals surface area contributed by atoms with Gasteiger partial charge in [0, 0.05) is 5.56 Å². The van der Waals surface area contributed by atoms with Crippen LogP contribution in [0.15, 0.2) is 29.2 Å². The molecular formula is C19H22ClN5O2. The lowest BCUT2D eigenvalue weighted by Gasteiger charge is -2.21. The fraction of sp³-hybridized carbons (Fsp3) is 0.421. The SMILES string of the molecule is CC(C)(C)n1ncc2c(=O)[nH]c(NC3CCCOc4c(Cl)cccc43)nc21. The summed E-state index contributed by atoms with van der Waals surface area (Å²) in [7, 11) is 0. The van der Waals surface area contributed by atoms with E-state index in [0.29, 0.717) is 34.4 Å². The number of halogens is 1. The second-order valence-electron chi connectivity index (χ2n) is 7.72. The number of aromatic amines is 1. The molecule has 2 N–H and O–H groups in total. The van der Waals surface area contributed by atoms with E-state index in [2.05, 4.69) is 20.4 Å². The van der Waals surface area contributed by atoms with Crippen molar-refractivity contribution in [2.75, 3.05) is 11.9 Å². The van der Waals surface area contributed by atoms with Gasteiger partial charge in [-0.05, 0) is 39.7 Å². The lowest BCUT2D eigenvalue weighted by Crippen LogP contribution is -2.24. The predicted octanol–water partition coefficient (Wildman–Crippen LogP) is 3.85. The first kappa shape index (κ1) is 17.9. The van der Waals surface area contributed by atoms with E-state index in [1.807, 2.05) is 39.0 Å². The minimum absolute atomic E-state index is 0.0622. The van der Waals surface area contributed by atoms with Gasteiger partial charge in [0.25, 0.3) is 5.56 Å².